The van der Waals surface area contributed by atoms with E-state index in [1.165, 1.54) is 16.9 Å². The van der Waals surface area contributed by atoms with Crippen molar-refractivity contribution in [2.75, 3.05) is 0 Å². The van der Waals surface area contributed by atoms with Gasteiger partial charge >= 0.3 is 0 Å². The molecule has 1 nitrogen and oxygen atoms in total. The van der Waals surface area contributed by atoms with E-state index >= 15 is 0 Å². The lowest BCUT2D eigenvalue weighted by molar-refractivity contribution is 0.0946. The van der Waals surface area contributed by atoms with Crippen molar-refractivity contribution in [1.82, 2.24) is 0 Å². The third-order valence-electron chi connectivity index (χ3n) is 5.81. The zero-order valence-electron chi connectivity index (χ0n) is 17.0. The molecule has 0 saturated heterocycles. The van der Waals surface area contributed by atoms with Gasteiger partial charge in [0.1, 0.15) is 0 Å². The van der Waals surface area contributed by atoms with Gasteiger partial charge in [0.25, 0.3) is 0 Å². The van der Waals surface area contributed by atoms with E-state index in [-0.39, 0.29) is 17.6 Å². The van der Waals surface area contributed by atoms with E-state index in [4.69, 9.17) is 0 Å². The van der Waals surface area contributed by atoms with Gasteiger partial charge in [0.05, 0.1) is 10.8 Å². The fraction of sp³-hybridized carbons (Fsp3) is 0.0690. The van der Waals surface area contributed by atoms with E-state index in [2.05, 4.69) is 72.8 Å². The zero-order chi connectivity index (χ0) is 21.0. The van der Waals surface area contributed by atoms with Crippen molar-refractivity contribution in [2.45, 2.75) is 5.92 Å². The highest BCUT2D eigenvalue weighted by Crippen LogP contribution is 2.45. The lowest BCUT2D eigenvalue weighted by atomic mass is 9.71. The van der Waals surface area contributed by atoms with E-state index in [0.29, 0.717) is 0 Å². The predicted octanol–water partition coefficient (Wildman–Crippen LogP) is 7.51. The summed E-state index contributed by atoms with van der Waals surface area (Å²) in [4.78, 5) is 14.6. The van der Waals surface area contributed by atoms with Crippen LogP contribution in [0.25, 0.3) is 11.1 Å². The van der Waals surface area contributed by atoms with Crippen LogP contribution in [0.5, 0.6) is 0 Å². The Morgan fingerprint density at radius 2 is 1.29 bits per heavy atom. The molecule has 0 fully saturated rings. The second kappa shape index (κ2) is 8.71. The van der Waals surface area contributed by atoms with Gasteiger partial charge in [0.2, 0.25) is 0 Å². The number of carbonyl (C=O) groups is 1. The van der Waals surface area contributed by atoms with Crippen molar-refractivity contribution < 1.29 is 4.79 Å². The molecule has 2 unspecified atom stereocenters. The van der Waals surface area contributed by atoms with Crippen LogP contribution in [0.3, 0.4) is 0 Å². The van der Waals surface area contributed by atoms with Crippen molar-refractivity contribution in [3.05, 3.63) is 142 Å². The normalized spacial score (nSPS) is 18.2. The van der Waals surface area contributed by atoms with E-state index in [9.17, 15) is 4.79 Å². The Labute approximate surface area is 187 Å². The highest BCUT2D eigenvalue weighted by atomic mass is 32.1. The molecule has 31 heavy (non-hydrogen) atoms. The van der Waals surface area contributed by atoms with Crippen LogP contribution >= 0.6 is 11.3 Å². The predicted molar refractivity (Wildman–Crippen MR) is 130 cm³/mol. The molecule has 0 saturated carbocycles. The van der Waals surface area contributed by atoms with Gasteiger partial charge in [-0.25, -0.2) is 0 Å². The third-order valence-corrected chi connectivity index (χ3v) is 6.69. The lowest BCUT2D eigenvalue weighted by Gasteiger charge is -2.31. The first kappa shape index (κ1) is 19.5. The average molecular weight is 419 g/mol. The topological polar surface area (TPSA) is 17.1 Å². The van der Waals surface area contributed by atoms with Gasteiger partial charge in [0, 0.05) is 5.92 Å². The molecule has 150 valence electrons. The zero-order valence-corrected chi connectivity index (χ0v) is 17.8. The molecule has 0 radical (unpaired) electrons. The standard InChI is InChI=1S/C29H22OS/c30-29(27-17-10-18-31-27)28-25(22-13-6-2-7-14-22)19-24(21-11-4-1-5-12-21)20-26(28)23-15-8-3-9-16-23/h1-20,25,28H. The van der Waals surface area contributed by atoms with E-state index in [1.807, 2.05) is 47.8 Å². The summed E-state index contributed by atoms with van der Waals surface area (Å²) in [6, 6.07) is 35.0. The molecule has 0 aliphatic heterocycles. The van der Waals surface area contributed by atoms with Gasteiger partial charge in [-0.1, -0.05) is 109 Å². The minimum absolute atomic E-state index is 0.0359. The molecular weight excluding hydrogens is 396 g/mol. The maximum absolute atomic E-state index is 13.8. The highest BCUT2D eigenvalue weighted by molar-refractivity contribution is 7.12. The second-order valence-electron chi connectivity index (χ2n) is 7.71. The first-order valence-electron chi connectivity index (χ1n) is 10.5. The van der Waals surface area contributed by atoms with Gasteiger partial charge < -0.3 is 0 Å². The SMILES string of the molecule is O=C(c1cccs1)C1C(c2ccccc2)=CC(c2ccccc2)=CC1c1ccccc1. The number of allylic oxidation sites excluding steroid dienone is 4. The molecule has 5 rings (SSSR count). The minimum Gasteiger partial charge on any atom is -0.293 e. The quantitative estimate of drug-likeness (QED) is 0.306. The van der Waals surface area contributed by atoms with Crippen LogP contribution in [0.15, 0.2) is 121 Å². The molecule has 1 aliphatic rings. The Morgan fingerprint density at radius 1 is 0.677 bits per heavy atom. The summed E-state index contributed by atoms with van der Waals surface area (Å²) < 4.78 is 0. The van der Waals surface area contributed by atoms with Crippen molar-refractivity contribution >= 4 is 28.3 Å². The summed E-state index contributed by atoms with van der Waals surface area (Å²) in [6.07, 6.45) is 4.48. The van der Waals surface area contributed by atoms with Crippen molar-refractivity contribution in [3.8, 4) is 0 Å². The van der Waals surface area contributed by atoms with Gasteiger partial charge in [0.15, 0.2) is 5.78 Å². The van der Waals surface area contributed by atoms with Crippen molar-refractivity contribution in [1.29, 1.82) is 0 Å². The molecule has 4 aromatic rings. The van der Waals surface area contributed by atoms with Crippen molar-refractivity contribution in [3.63, 3.8) is 0 Å². The summed E-state index contributed by atoms with van der Waals surface area (Å²) in [5.41, 5.74) is 5.66. The fourth-order valence-corrected chi connectivity index (χ4v) is 5.04. The maximum atomic E-state index is 13.8. The molecule has 3 aromatic carbocycles. The maximum Gasteiger partial charge on any atom is 0.181 e. The van der Waals surface area contributed by atoms with Gasteiger partial charge in [-0.3, -0.25) is 4.79 Å². The van der Waals surface area contributed by atoms with Crippen LogP contribution in [0, 0.1) is 5.92 Å². The fourth-order valence-electron chi connectivity index (χ4n) is 4.33. The lowest BCUT2D eigenvalue weighted by Crippen LogP contribution is -2.25. The Kier molecular flexibility index (Phi) is 5.47. The Balaban J connectivity index is 1.72. The molecule has 2 atom stereocenters. The Bertz CT molecular complexity index is 1220. The first-order chi connectivity index (χ1) is 15.3. The van der Waals surface area contributed by atoms with Crippen LogP contribution in [-0.4, -0.2) is 5.78 Å². The summed E-state index contributed by atoms with van der Waals surface area (Å²) in [5, 5.41) is 1.98. The molecule has 2 heteroatoms. The molecule has 1 heterocycles. The number of Topliss-reactive ketones (excluding diaryl/α,β-unsaturated/α-hetero) is 1. The van der Waals surface area contributed by atoms with Gasteiger partial charge in [-0.05, 0) is 39.3 Å². The van der Waals surface area contributed by atoms with Crippen LogP contribution in [0.1, 0.15) is 32.3 Å². The molecule has 1 aromatic heterocycles. The largest absolute Gasteiger partial charge is 0.293 e. The van der Waals surface area contributed by atoms with Crippen LogP contribution in [-0.2, 0) is 0 Å². The average Bonchev–Trinajstić information content (AvgIpc) is 3.40. The summed E-state index contributed by atoms with van der Waals surface area (Å²) in [5.74, 6) is -0.121. The summed E-state index contributed by atoms with van der Waals surface area (Å²) in [6.45, 7) is 0. The van der Waals surface area contributed by atoms with Crippen LogP contribution < -0.4 is 0 Å². The van der Waals surface area contributed by atoms with E-state index < -0.39 is 0 Å². The number of rotatable bonds is 5. The number of benzene rings is 3. The number of thiophene rings is 1. The van der Waals surface area contributed by atoms with Crippen LogP contribution in [0.4, 0.5) is 0 Å². The van der Waals surface area contributed by atoms with Gasteiger partial charge in [-0.15, -0.1) is 11.3 Å². The monoisotopic (exact) mass is 418 g/mol. The molecule has 0 amide bonds. The number of ketones is 1. The Morgan fingerprint density at radius 3 is 1.90 bits per heavy atom. The van der Waals surface area contributed by atoms with Crippen LogP contribution in [0.2, 0.25) is 0 Å². The highest BCUT2D eigenvalue weighted by Gasteiger charge is 2.36. The minimum atomic E-state index is -0.268. The van der Waals surface area contributed by atoms with Gasteiger partial charge in [-0.2, -0.15) is 0 Å². The smallest absolute Gasteiger partial charge is 0.181 e. The van der Waals surface area contributed by atoms with E-state index in [1.54, 1.807) is 0 Å². The number of hydrogen-bond acceptors (Lipinski definition) is 2. The summed E-state index contributed by atoms with van der Waals surface area (Å²) >= 11 is 1.52. The van der Waals surface area contributed by atoms with E-state index in [0.717, 1.165) is 27.2 Å². The third kappa shape index (κ3) is 3.95. The number of hydrogen-bond donors (Lipinski definition) is 0. The molecule has 0 N–H and O–H groups in total. The van der Waals surface area contributed by atoms with Crippen molar-refractivity contribution in [2.24, 2.45) is 5.92 Å². The molecule has 0 spiro atoms. The summed E-state index contributed by atoms with van der Waals surface area (Å²) in [7, 11) is 0. The number of carbonyl (C=O) groups excluding carboxylic acids is 1. The Hall–Kier alpha value is -3.49. The first-order valence-corrected chi connectivity index (χ1v) is 11.4. The molecular formula is C29H22OS. The molecule has 1 aliphatic carbocycles. The molecule has 0 bridgehead atoms. The second-order valence-corrected chi connectivity index (χ2v) is 8.66.